The van der Waals surface area contributed by atoms with Crippen LogP contribution in [-0.2, 0) is 4.79 Å². The average molecular weight is 354 g/mol. The van der Waals surface area contributed by atoms with Crippen LogP contribution in [0, 0.1) is 6.92 Å². The van der Waals surface area contributed by atoms with Gasteiger partial charge in [0.1, 0.15) is 6.54 Å². The third-order valence-electron chi connectivity index (χ3n) is 4.91. The fourth-order valence-electron chi connectivity index (χ4n) is 3.47. The molecule has 0 unspecified atom stereocenters. The van der Waals surface area contributed by atoms with E-state index in [-0.39, 0.29) is 18.4 Å². The molecule has 0 spiro atoms. The fraction of sp³-hybridized carbons (Fsp3) is 0.389. The van der Waals surface area contributed by atoms with Crippen LogP contribution in [0.15, 0.2) is 28.7 Å². The van der Waals surface area contributed by atoms with Crippen LogP contribution in [0.25, 0.3) is 0 Å². The first-order chi connectivity index (χ1) is 12.5. The fourth-order valence-corrected chi connectivity index (χ4v) is 3.47. The summed E-state index contributed by atoms with van der Waals surface area (Å²) >= 11 is 0. The van der Waals surface area contributed by atoms with Gasteiger partial charge in [-0.05, 0) is 25.0 Å². The molecule has 0 aliphatic carbocycles. The summed E-state index contributed by atoms with van der Waals surface area (Å²) in [5, 5.41) is 7.89. The van der Waals surface area contributed by atoms with Gasteiger partial charge in [-0.15, -0.1) is 10.2 Å². The molecule has 26 heavy (non-hydrogen) atoms. The van der Waals surface area contributed by atoms with Gasteiger partial charge in [0.15, 0.2) is 0 Å². The SMILES string of the molecule is Cc1nnc(C2CCN(C(=O)CN3C(=O)c4ccccc4C3=O)CC2)o1. The maximum Gasteiger partial charge on any atom is 0.262 e. The van der Waals surface area contributed by atoms with E-state index in [9.17, 15) is 14.4 Å². The topological polar surface area (TPSA) is 96.6 Å². The first kappa shape index (κ1) is 16.4. The van der Waals surface area contributed by atoms with Crippen LogP contribution >= 0.6 is 0 Å². The first-order valence-corrected chi connectivity index (χ1v) is 8.57. The Bertz CT molecular complexity index is 848. The van der Waals surface area contributed by atoms with Crippen LogP contribution in [0.3, 0.4) is 0 Å². The number of hydrogen-bond donors (Lipinski definition) is 0. The number of piperidine rings is 1. The number of rotatable bonds is 3. The quantitative estimate of drug-likeness (QED) is 0.773. The van der Waals surface area contributed by atoms with E-state index in [0.717, 1.165) is 17.7 Å². The largest absolute Gasteiger partial charge is 0.425 e. The number of fused-ring (bicyclic) bond motifs is 1. The van der Waals surface area contributed by atoms with Gasteiger partial charge in [-0.25, -0.2) is 0 Å². The molecule has 0 radical (unpaired) electrons. The van der Waals surface area contributed by atoms with Gasteiger partial charge in [-0.1, -0.05) is 12.1 Å². The molecule has 3 amide bonds. The Labute approximate surface area is 149 Å². The zero-order valence-electron chi connectivity index (χ0n) is 14.3. The van der Waals surface area contributed by atoms with Crippen LogP contribution in [0.4, 0.5) is 0 Å². The molecule has 1 aromatic heterocycles. The van der Waals surface area contributed by atoms with E-state index in [4.69, 9.17) is 4.42 Å². The summed E-state index contributed by atoms with van der Waals surface area (Å²) in [6.07, 6.45) is 1.44. The molecule has 1 saturated heterocycles. The molecular formula is C18H18N4O4. The third-order valence-corrected chi connectivity index (χ3v) is 4.91. The van der Waals surface area contributed by atoms with Crippen molar-refractivity contribution in [1.82, 2.24) is 20.0 Å². The van der Waals surface area contributed by atoms with Crippen LogP contribution in [0.2, 0.25) is 0 Å². The first-order valence-electron chi connectivity index (χ1n) is 8.57. The molecule has 8 nitrogen and oxygen atoms in total. The molecule has 2 aliphatic rings. The number of imide groups is 1. The molecule has 2 aliphatic heterocycles. The van der Waals surface area contributed by atoms with E-state index in [1.807, 2.05) is 0 Å². The van der Waals surface area contributed by atoms with Crippen molar-refractivity contribution in [3.05, 3.63) is 47.2 Å². The maximum atomic E-state index is 12.6. The second kappa shape index (κ2) is 6.36. The van der Waals surface area contributed by atoms with E-state index in [1.54, 1.807) is 36.1 Å². The molecule has 1 aromatic carbocycles. The van der Waals surface area contributed by atoms with Crippen LogP contribution in [0.1, 0.15) is 51.3 Å². The minimum Gasteiger partial charge on any atom is -0.425 e. The highest BCUT2D eigenvalue weighted by atomic mass is 16.4. The molecule has 0 N–H and O–H groups in total. The Hall–Kier alpha value is -3.03. The van der Waals surface area contributed by atoms with E-state index >= 15 is 0 Å². The molecule has 3 heterocycles. The number of nitrogens with zero attached hydrogens (tertiary/aromatic N) is 4. The zero-order valence-corrected chi connectivity index (χ0v) is 14.3. The minimum atomic E-state index is -0.407. The monoisotopic (exact) mass is 354 g/mol. The van der Waals surface area contributed by atoms with Crippen molar-refractivity contribution in [3.63, 3.8) is 0 Å². The lowest BCUT2D eigenvalue weighted by atomic mass is 9.97. The van der Waals surface area contributed by atoms with Crippen molar-refractivity contribution in [2.24, 2.45) is 0 Å². The predicted octanol–water partition coefficient (Wildman–Crippen LogP) is 1.38. The van der Waals surface area contributed by atoms with Crippen molar-refractivity contribution < 1.29 is 18.8 Å². The Kier molecular flexibility index (Phi) is 4.02. The van der Waals surface area contributed by atoms with Crippen LogP contribution in [0.5, 0.6) is 0 Å². The van der Waals surface area contributed by atoms with Crippen molar-refractivity contribution in [3.8, 4) is 0 Å². The summed E-state index contributed by atoms with van der Waals surface area (Å²) < 4.78 is 5.47. The van der Waals surface area contributed by atoms with Gasteiger partial charge in [0.05, 0.1) is 11.1 Å². The number of aryl methyl sites for hydroxylation is 1. The second-order valence-electron chi connectivity index (χ2n) is 6.56. The molecule has 4 rings (SSSR count). The smallest absolute Gasteiger partial charge is 0.262 e. The second-order valence-corrected chi connectivity index (χ2v) is 6.56. The van der Waals surface area contributed by atoms with Gasteiger partial charge in [0, 0.05) is 25.9 Å². The molecule has 0 atom stereocenters. The van der Waals surface area contributed by atoms with E-state index in [2.05, 4.69) is 10.2 Å². The lowest BCUT2D eigenvalue weighted by Gasteiger charge is -2.31. The maximum absolute atomic E-state index is 12.6. The minimum absolute atomic E-state index is 0.138. The molecular weight excluding hydrogens is 336 g/mol. The number of likely N-dealkylation sites (tertiary alicyclic amines) is 1. The molecule has 8 heteroatoms. The number of carbonyl (C=O) groups excluding carboxylic acids is 3. The normalized spacial score (nSPS) is 17.7. The molecule has 0 saturated carbocycles. The lowest BCUT2D eigenvalue weighted by Crippen LogP contribution is -2.45. The van der Waals surface area contributed by atoms with E-state index < -0.39 is 11.8 Å². The summed E-state index contributed by atoms with van der Waals surface area (Å²) in [4.78, 5) is 40.0. The number of amides is 3. The Balaban J connectivity index is 1.38. The summed E-state index contributed by atoms with van der Waals surface area (Å²) in [7, 11) is 0. The van der Waals surface area contributed by atoms with Gasteiger partial charge in [-0.3, -0.25) is 19.3 Å². The number of hydrogen-bond acceptors (Lipinski definition) is 6. The Morgan fingerprint density at radius 1 is 1.12 bits per heavy atom. The van der Waals surface area contributed by atoms with Gasteiger partial charge in [0.2, 0.25) is 17.7 Å². The van der Waals surface area contributed by atoms with Crippen LogP contribution < -0.4 is 0 Å². The lowest BCUT2D eigenvalue weighted by molar-refractivity contribution is -0.132. The van der Waals surface area contributed by atoms with Crippen molar-refractivity contribution in [2.75, 3.05) is 19.6 Å². The van der Waals surface area contributed by atoms with E-state index in [0.29, 0.717) is 36.0 Å². The van der Waals surface area contributed by atoms with Crippen molar-refractivity contribution >= 4 is 17.7 Å². The zero-order chi connectivity index (χ0) is 18.3. The van der Waals surface area contributed by atoms with Gasteiger partial charge < -0.3 is 9.32 Å². The number of benzene rings is 1. The highest BCUT2D eigenvalue weighted by Crippen LogP contribution is 2.27. The number of carbonyl (C=O) groups is 3. The highest BCUT2D eigenvalue weighted by molar-refractivity contribution is 6.22. The van der Waals surface area contributed by atoms with Crippen molar-refractivity contribution in [1.29, 1.82) is 0 Å². The molecule has 2 aromatic rings. The number of aromatic nitrogens is 2. The average Bonchev–Trinajstić information content (AvgIpc) is 3.20. The Morgan fingerprint density at radius 2 is 1.73 bits per heavy atom. The van der Waals surface area contributed by atoms with Crippen LogP contribution in [-0.4, -0.2) is 57.4 Å². The van der Waals surface area contributed by atoms with Gasteiger partial charge >= 0.3 is 0 Å². The van der Waals surface area contributed by atoms with Crippen molar-refractivity contribution in [2.45, 2.75) is 25.7 Å². The molecule has 1 fully saturated rings. The standard InChI is InChI=1S/C18H18N4O4/c1-11-19-20-16(26-11)12-6-8-21(9-7-12)15(23)10-22-17(24)13-4-2-3-5-14(13)18(22)25/h2-5,12H,6-10H2,1H3. The third kappa shape index (κ3) is 2.77. The highest BCUT2D eigenvalue weighted by Gasteiger charge is 2.37. The summed E-state index contributed by atoms with van der Waals surface area (Å²) in [6, 6.07) is 6.63. The Morgan fingerprint density at radius 3 is 2.27 bits per heavy atom. The van der Waals surface area contributed by atoms with Gasteiger partial charge in [0.25, 0.3) is 11.8 Å². The molecule has 0 bridgehead atoms. The van der Waals surface area contributed by atoms with Gasteiger partial charge in [-0.2, -0.15) is 0 Å². The summed E-state index contributed by atoms with van der Waals surface area (Å²) in [5.74, 6) is 0.239. The van der Waals surface area contributed by atoms with E-state index in [1.165, 1.54) is 0 Å². The molecule has 134 valence electrons. The summed E-state index contributed by atoms with van der Waals surface area (Å²) in [6.45, 7) is 2.59. The predicted molar refractivity (Wildman–Crippen MR) is 89.4 cm³/mol. The summed E-state index contributed by atoms with van der Waals surface area (Å²) in [5.41, 5.74) is 0.714.